The lowest BCUT2D eigenvalue weighted by atomic mass is 9.99. The summed E-state index contributed by atoms with van der Waals surface area (Å²) in [6.07, 6.45) is -0.446. The summed E-state index contributed by atoms with van der Waals surface area (Å²) in [6.45, 7) is 7.57. The van der Waals surface area contributed by atoms with Gasteiger partial charge in [-0.25, -0.2) is 4.79 Å². The van der Waals surface area contributed by atoms with Crippen LogP contribution in [0.1, 0.15) is 26.3 Å². The highest BCUT2D eigenvalue weighted by molar-refractivity contribution is 5.86. The van der Waals surface area contributed by atoms with Gasteiger partial charge in [0.1, 0.15) is 5.60 Å². The molecule has 3 aromatic rings. The standard InChI is InChI=1S/C24H25NO2/c1-17-14-21(16-22(15-17)25-23(26)27-24(2,3)4)20-12-10-19(11-13-20)18-8-6-5-7-9-18/h5-16H,1-4H3,(H,25,26). The Kier molecular flexibility index (Phi) is 5.31. The normalized spacial score (nSPS) is 11.1. The van der Waals surface area contributed by atoms with Crippen LogP contribution in [0.4, 0.5) is 10.5 Å². The molecule has 0 unspecified atom stereocenters. The predicted molar refractivity (Wildman–Crippen MR) is 112 cm³/mol. The van der Waals surface area contributed by atoms with E-state index < -0.39 is 11.7 Å². The molecule has 0 heterocycles. The molecule has 0 spiro atoms. The Morgan fingerprint density at radius 2 is 1.33 bits per heavy atom. The van der Waals surface area contributed by atoms with Gasteiger partial charge in [-0.3, -0.25) is 5.32 Å². The molecule has 138 valence electrons. The molecule has 1 amide bonds. The molecule has 0 atom stereocenters. The number of carbonyl (C=O) groups is 1. The molecule has 1 N–H and O–H groups in total. The number of anilines is 1. The molecule has 3 heteroatoms. The average Bonchev–Trinajstić information content (AvgIpc) is 2.60. The Balaban J connectivity index is 1.82. The number of nitrogens with one attached hydrogen (secondary N) is 1. The molecule has 0 radical (unpaired) electrons. The second-order valence-electron chi connectivity index (χ2n) is 7.66. The van der Waals surface area contributed by atoms with Crippen molar-refractivity contribution in [3.8, 4) is 22.3 Å². The van der Waals surface area contributed by atoms with E-state index >= 15 is 0 Å². The van der Waals surface area contributed by atoms with E-state index in [1.807, 2.05) is 58.0 Å². The van der Waals surface area contributed by atoms with Crippen molar-refractivity contribution in [1.29, 1.82) is 0 Å². The van der Waals surface area contributed by atoms with Gasteiger partial charge in [-0.2, -0.15) is 0 Å². The monoisotopic (exact) mass is 359 g/mol. The van der Waals surface area contributed by atoms with E-state index in [0.29, 0.717) is 0 Å². The summed E-state index contributed by atoms with van der Waals surface area (Å²) in [7, 11) is 0. The lowest BCUT2D eigenvalue weighted by Crippen LogP contribution is -2.27. The van der Waals surface area contributed by atoms with Crippen LogP contribution < -0.4 is 5.32 Å². The molecular weight excluding hydrogens is 334 g/mol. The fourth-order valence-electron chi connectivity index (χ4n) is 2.93. The molecule has 3 aromatic carbocycles. The third-order valence-corrected chi connectivity index (χ3v) is 4.05. The van der Waals surface area contributed by atoms with Crippen molar-refractivity contribution in [2.75, 3.05) is 5.32 Å². The first-order chi connectivity index (χ1) is 12.8. The van der Waals surface area contributed by atoms with Crippen molar-refractivity contribution in [3.63, 3.8) is 0 Å². The van der Waals surface area contributed by atoms with Crippen molar-refractivity contribution in [1.82, 2.24) is 0 Å². The van der Waals surface area contributed by atoms with E-state index in [2.05, 4.69) is 47.8 Å². The zero-order valence-electron chi connectivity index (χ0n) is 16.2. The average molecular weight is 359 g/mol. The molecule has 0 aliphatic rings. The van der Waals surface area contributed by atoms with Gasteiger partial charge in [0.05, 0.1) is 0 Å². The molecule has 0 saturated heterocycles. The van der Waals surface area contributed by atoms with Gasteiger partial charge in [0.25, 0.3) is 0 Å². The van der Waals surface area contributed by atoms with E-state index in [-0.39, 0.29) is 0 Å². The third-order valence-electron chi connectivity index (χ3n) is 4.05. The number of hydrogen-bond acceptors (Lipinski definition) is 2. The van der Waals surface area contributed by atoms with Crippen LogP contribution in [0.3, 0.4) is 0 Å². The maximum Gasteiger partial charge on any atom is 0.412 e. The van der Waals surface area contributed by atoms with Gasteiger partial charge in [0.2, 0.25) is 0 Å². The van der Waals surface area contributed by atoms with Gasteiger partial charge in [0, 0.05) is 5.69 Å². The van der Waals surface area contributed by atoms with Crippen LogP contribution in [0.25, 0.3) is 22.3 Å². The van der Waals surface area contributed by atoms with E-state index in [1.165, 1.54) is 11.1 Å². The maximum absolute atomic E-state index is 12.1. The Morgan fingerprint density at radius 1 is 0.778 bits per heavy atom. The summed E-state index contributed by atoms with van der Waals surface area (Å²) in [5.41, 5.74) is 5.81. The van der Waals surface area contributed by atoms with E-state index in [9.17, 15) is 4.79 Å². The van der Waals surface area contributed by atoms with Crippen LogP contribution in [-0.2, 0) is 4.74 Å². The highest BCUT2D eigenvalue weighted by Gasteiger charge is 2.16. The molecular formula is C24H25NO2. The molecule has 0 aromatic heterocycles. The summed E-state index contributed by atoms with van der Waals surface area (Å²) in [6, 6.07) is 24.8. The van der Waals surface area contributed by atoms with Crippen molar-refractivity contribution in [3.05, 3.63) is 78.4 Å². The van der Waals surface area contributed by atoms with Crippen molar-refractivity contribution >= 4 is 11.8 Å². The predicted octanol–water partition coefficient (Wildman–Crippen LogP) is 6.68. The highest BCUT2D eigenvalue weighted by Crippen LogP contribution is 2.28. The third kappa shape index (κ3) is 5.20. The van der Waals surface area contributed by atoms with Gasteiger partial charge >= 0.3 is 6.09 Å². The minimum Gasteiger partial charge on any atom is -0.444 e. The topological polar surface area (TPSA) is 38.3 Å². The fraction of sp³-hybridized carbons (Fsp3) is 0.208. The number of rotatable bonds is 3. The van der Waals surface area contributed by atoms with E-state index in [4.69, 9.17) is 4.74 Å². The van der Waals surface area contributed by atoms with Gasteiger partial charge in [-0.1, -0.05) is 60.7 Å². The molecule has 3 nitrogen and oxygen atoms in total. The Morgan fingerprint density at radius 3 is 1.93 bits per heavy atom. The number of amides is 1. The quantitative estimate of drug-likeness (QED) is 0.566. The maximum atomic E-state index is 12.1. The second kappa shape index (κ2) is 7.67. The number of benzene rings is 3. The van der Waals surface area contributed by atoms with Crippen LogP contribution in [0.2, 0.25) is 0 Å². The van der Waals surface area contributed by atoms with Crippen LogP contribution in [-0.4, -0.2) is 11.7 Å². The van der Waals surface area contributed by atoms with Gasteiger partial charge in [-0.05, 0) is 67.6 Å². The van der Waals surface area contributed by atoms with Crippen LogP contribution >= 0.6 is 0 Å². The zero-order chi connectivity index (χ0) is 19.4. The number of aryl methyl sites for hydroxylation is 1. The van der Waals surface area contributed by atoms with Crippen molar-refractivity contribution < 1.29 is 9.53 Å². The summed E-state index contributed by atoms with van der Waals surface area (Å²) in [5.74, 6) is 0. The number of carbonyl (C=O) groups excluding carboxylic acids is 1. The molecule has 27 heavy (non-hydrogen) atoms. The van der Waals surface area contributed by atoms with Crippen LogP contribution in [0, 0.1) is 6.92 Å². The Labute approximate surface area is 161 Å². The van der Waals surface area contributed by atoms with Gasteiger partial charge in [-0.15, -0.1) is 0 Å². The minimum atomic E-state index is -0.524. The molecule has 0 aliphatic carbocycles. The summed E-state index contributed by atoms with van der Waals surface area (Å²) in [5, 5.41) is 2.83. The summed E-state index contributed by atoms with van der Waals surface area (Å²) >= 11 is 0. The fourth-order valence-corrected chi connectivity index (χ4v) is 2.93. The van der Waals surface area contributed by atoms with E-state index in [1.54, 1.807) is 0 Å². The largest absolute Gasteiger partial charge is 0.444 e. The molecule has 0 bridgehead atoms. The first-order valence-corrected chi connectivity index (χ1v) is 9.08. The van der Waals surface area contributed by atoms with Crippen molar-refractivity contribution in [2.24, 2.45) is 0 Å². The van der Waals surface area contributed by atoms with Crippen LogP contribution in [0.5, 0.6) is 0 Å². The summed E-state index contributed by atoms with van der Waals surface area (Å²) < 4.78 is 5.34. The molecule has 0 aliphatic heterocycles. The first-order valence-electron chi connectivity index (χ1n) is 9.08. The smallest absolute Gasteiger partial charge is 0.412 e. The lowest BCUT2D eigenvalue weighted by molar-refractivity contribution is 0.0636. The first kappa shape index (κ1) is 18.7. The lowest BCUT2D eigenvalue weighted by Gasteiger charge is -2.20. The number of hydrogen-bond donors (Lipinski definition) is 1. The highest BCUT2D eigenvalue weighted by atomic mass is 16.6. The van der Waals surface area contributed by atoms with Gasteiger partial charge < -0.3 is 4.74 Å². The van der Waals surface area contributed by atoms with Crippen molar-refractivity contribution in [2.45, 2.75) is 33.3 Å². The summed E-state index contributed by atoms with van der Waals surface area (Å²) in [4.78, 5) is 12.1. The second-order valence-corrected chi connectivity index (χ2v) is 7.66. The zero-order valence-corrected chi connectivity index (χ0v) is 16.2. The molecule has 3 rings (SSSR count). The molecule has 0 fully saturated rings. The molecule has 0 saturated carbocycles. The van der Waals surface area contributed by atoms with Gasteiger partial charge in [0.15, 0.2) is 0 Å². The van der Waals surface area contributed by atoms with Crippen LogP contribution in [0.15, 0.2) is 72.8 Å². The Bertz CT molecular complexity index is 923. The minimum absolute atomic E-state index is 0.446. The Hall–Kier alpha value is -3.07. The van der Waals surface area contributed by atoms with E-state index in [0.717, 1.165) is 22.4 Å². The SMILES string of the molecule is Cc1cc(NC(=O)OC(C)(C)C)cc(-c2ccc(-c3ccccc3)cc2)c1. The number of ether oxygens (including phenoxy) is 1.